The number of benzene rings is 1. The van der Waals surface area contributed by atoms with Gasteiger partial charge >= 0.3 is 0 Å². The monoisotopic (exact) mass is 378 g/mol. The Balaban J connectivity index is 1.51. The number of fused-ring (bicyclic) bond motifs is 1. The number of nitrogen functional groups attached to an aromatic ring is 1. The van der Waals surface area contributed by atoms with Crippen molar-refractivity contribution in [1.29, 1.82) is 0 Å². The van der Waals surface area contributed by atoms with Crippen molar-refractivity contribution in [2.45, 2.75) is 37.6 Å². The molecule has 0 aliphatic rings. The molecule has 0 saturated carbocycles. The minimum absolute atomic E-state index is 0.0607. The van der Waals surface area contributed by atoms with Crippen LogP contribution in [-0.4, -0.2) is 24.8 Å². The highest BCUT2D eigenvalue weighted by molar-refractivity contribution is 7.91. The predicted molar refractivity (Wildman–Crippen MR) is 98.2 cm³/mol. The molecule has 0 amide bonds. The van der Waals surface area contributed by atoms with Gasteiger partial charge in [-0.1, -0.05) is 0 Å². The SMILES string of the molecule is Cc1cnc(N)c2ncn(CCCCC[S+]([O-])c3ccc(F)cc3F)c12. The molecule has 0 aliphatic heterocycles. The number of nitrogens with two attached hydrogens (primary N) is 1. The molecular weight excluding hydrogens is 358 g/mol. The Morgan fingerprint density at radius 3 is 2.77 bits per heavy atom. The first-order valence-electron chi connectivity index (χ1n) is 8.36. The summed E-state index contributed by atoms with van der Waals surface area (Å²) in [5, 5.41) is 0. The zero-order valence-electron chi connectivity index (χ0n) is 14.4. The van der Waals surface area contributed by atoms with Crippen LogP contribution in [-0.2, 0) is 17.7 Å². The number of unbranched alkanes of at least 4 members (excludes halogenated alkanes) is 2. The molecule has 5 nitrogen and oxygen atoms in total. The predicted octanol–water partition coefficient (Wildman–Crippen LogP) is 3.58. The maximum atomic E-state index is 13.6. The fourth-order valence-electron chi connectivity index (χ4n) is 2.90. The van der Waals surface area contributed by atoms with Gasteiger partial charge in [0, 0.05) is 18.8 Å². The third kappa shape index (κ3) is 3.96. The summed E-state index contributed by atoms with van der Waals surface area (Å²) in [6.45, 7) is 2.73. The van der Waals surface area contributed by atoms with Crippen molar-refractivity contribution in [3.63, 3.8) is 0 Å². The second-order valence-electron chi connectivity index (χ2n) is 6.15. The number of pyridine rings is 1. The van der Waals surface area contributed by atoms with Crippen LogP contribution in [0.3, 0.4) is 0 Å². The number of aryl methyl sites for hydroxylation is 2. The van der Waals surface area contributed by atoms with Crippen LogP contribution < -0.4 is 5.73 Å². The molecule has 0 bridgehead atoms. The van der Waals surface area contributed by atoms with Crippen LogP contribution in [0, 0.1) is 18.6 Å². The fourth-order valence-corrected chi connectivity index (χ4v) is 4.09. The standard InChI is InChI=1S/C18H20F2N4OS/c1-12-10-22-18(21)16-17(12)24(11-23-16)7-3-2-4-8-26(25)15-6-5-13(19)9-14(15)20/h5-6,9-11H,2-4,7-8H2,1H3,(H2,21,22). The highest BCUT2D eigenvalue weighted by Crippen LogP contribution is 2.22. The largest absolute Gasteiger partial charge is 0.611 e. The van der Waals surface area contributed by atoms with Crippen molar-refractivity contribution in [3.05, 3.63) is 47.9 Å². The molecule has 138 valence electrons. The lowest BCUT2D eigenvalue weighted by Crippen LogP contribution is -2.09. The van der Waals surface area contributed by atoms with Crippen molar-refractivity contribution >= 4 is 28.0 Å². The molecule has 1 aromatic carbocycles. The van der Waals surface area contributed by atoms with E-state index in [0.717, 1.165) is 42.6 Å². The Hall–Kier alpha value is -2.19. The number of anilines is 1. The van der Waals surface area contributed by atoms with Gasteiger partial charge in [0.25, 0.3) is 0 Å². The van der Waals surface area contributed by atoms with Crippen LogP contribution >= 0.6 is 0 Å². The van der Waals surface area contributed by atoms with E-state index in [2.05, 4.69) is 9.97 Å². The van der Waals surface area contributed by atoms with Crippen LogP contribution in [0.15, 0.2) is 35.6 Å². The number of hydrogen-bond acceptors (Lipinski definition) is 4. The Labute approximate surface area is 153 Å². The first kappa shape index (κ1) is 18.6. The molecule has 2 aromatic heterocycles. The van der Waals surface area contributed by atoms with Crippen LogP contribution in [0.1, 0.15) is 24.8 Å². The van der Waals surface area contributed by atoms with Gasteiger partial charge in [0.1, 0.15) is 17.1 Å². The molecule has 0 fully saturated rings. The van der Waals surface area contributed by atoms with Gasteiger partial charge in [-0.05, 0) is 55.1 Å². The zero-order valence-corrected chi connectivity index (χ0v) is 15.2. The number of rotatable bonds is 7. The Kier molecular flexibility index (Phi) is 5.73. The molecule has 0 spiro atoms. The molecule has 1 atom stereocenters. The lowest BCUT2D eigenvalue weighted by molar-refractivity contribution is 0.545. The van der Waals surface area contributed by atoms with E-state index in [0.29, 0.717) is 23.5 Å². The van der Waals surface area contributed by atoms with Crippen molar-refractivity contribution in [1.82, 2.24) is 14.5 Å². The highest BCUT2D eigenvalue weighted by Gasteiger charge is 2.17. The average Bonchev–Trinajstić information content (AvgIpc) is 3.03. The molecule has 8 heteroatoms. The van der Waals surface area contributed by atoms with Crippen molar-refractivity contribution in [2.24, 2.45) is 0 Å². The van der Waals surface area contributed by atoms with Crippen LogP contribution in [0.25, 0.3) is 11.0 Å². The molecule has 0 radical (unpaired) electrons. The summed E-state index contributed by atoms with van der Waals surface area (Å²) in [7, 11) is 0. The lowest BCUT2D eigenvalue weighted by Gasteiger charge is -2.11. The molecule has 26 heavy (non-hydrogen) atoms. The Morgan fingerprint density at radius 2 is 2.00 bits per heavy atom. The number of aromatic nitrogens is 3. The third-order valence-corrected chi connectivity index (χ3v) is 5.70. The van der Waals surface area contributed by atoms with E-state index < -0.39 is 22.8 Å². The van der Waals surface area contributed by atoms with E-state index >= 15 is 0 Å². The minimum Gasteiger partial charge on any atom is -0.611 e. The molecule has 0 saturated heterocycles. The topological polar surface area (TPSA) is 79.8 Å². The van der Waals surface area contributed by atoms with Gasteiger partial charge in [-0.25, -0.2) is 18.7 Å². The van der Waals surface area contributed by atoms with E-state index in [9.17, 15) is 13.3 Å². The summed E-state index contributed by atoms with van der Waals surface area (Å²) in [6.07, 6.45) is 5.89. The fraction of sp³-hybridized carbons (Fsp3) is 0.333. The second-order valence-corrected chi connectivity index (χ2v) is 7.69. The maximum Gasteiger partial charge on any atom is 0.188 e. The van der Waals surface area contributed by atoms with Crippen LogP contribution in [0.2, 0.25) is 0 Å². The number of imidazole rings is 1. The first-order chi connectivity index (χ1) is 12.5. The summed E-state index contributed by atoms with van der Waals surface area (Å²) < 4.78 is 40.7. The molecule has 2 heterocycles. The molecule has 3 aromatic rings. The third-order valence-electron chi connectivity index (χ3n) is 4.22. The summed E-state index contributed by atoms with van der Waals surface area (Å²) in [5.41, 5.74) is 8.55. The van der Waals surface area contributed by atoms with Gasteiger partial charge in [0.05, 0.1) is 11.8 Å². The summed E-state index contributed by atoms with van der Waals surface area (Å²) in [4.78, 5) is 8.48. The average molecular weight is 378 g/mol. The van der Waals surface area contributed by atoms with Crippen molar-refractivity contribution in [2.75, 3.05) is 11.5 Å². The minimum atomic E-state index is -1.46. The molecule has 3 rings (SSSR count). The summed E-state index contributed by atoms with van der Waals surface area (Å²) in [6, 6.07) is 3.14. The van der Waals surface area contributed by atoms with E-state index in [4.69, 9.17) is 5.73 Å². The quantitative estimate of drug-likeness (QED) is 0.503. The van der Waals surface area contributed by atoms with Crippen LogP contribution in [0.5, 0.6) is 0 Å². The van der Waals surface area contributed by atoms with E-state index in [1.54, 1.807) is 12.5 Å². The molecular formula is C18H20F2N4OS. The molecule has 0 aliphatic carbocycles. The normalized spacial score (nSPS) is 12.6. The van der Waals surface area contributed by atoms with E-state index in [-0.39, 0.29) is 4.90 Å². The van der Waals surface area contributed by atoms with Gasteiger partial charge in [-0.15, -0.1) is 0 Å². The van der Waals surface area contributed by atoms with Crippen molar-refractivity contribution < 1.29 is 13.3 Å². The van der Waals surface area contributed by atoms with Gasteiger partial charge in [-0.2, -0.15) is 0 Å². The molecule has 2 N–H and O–H groups in total. The number of halogens is 2. The first-order valence-corrected chi connectivity index (χ1v) is 9.68. The van der Waals surface area contributed by atoms with Gasteiger partial charge in [-0.3, -0.25) is 0 Å². The smallest absolute Gasteiger partial charge is 0.188 e. The maximum absolute atomic E-state index is 13.6. The number of nitrogens with zero attached hydrogens (tertiary/aromatic N) is 3. The van der Waals surface area contributed by atoms with Gasteiger partial charge < -0.3 is 14.9 Å². The van der Waals surface area contributed by atoms with Gasteiger partial charge in [0.2, 0.25) is 0 Å². The number of hydrogen-bond donors (Lipinski definition) is 1. The Bertz CT molecular complexity index is 916. The van der Waals surface area contributed by atoms with Crippen LogP contribution in [0.4, 0.5) is 14.6 Å². The highest BCUT2D eigenvalue weighted by atomic mass is 32.2. The zero-order chi connectivity index (χ0) is 18.7. The Morgan fingerprint density at radius 1 is 1.19 bits per heavy atom. The summed E-state index contributed by atoms with van der Waals surface area (Å²) in [5.74, 6) is -0.652. The van der Waals surface area contributed by atoms with Crippen molar-refractivity contribution in [3.8, 4) is 0 Å². The second kappa shape index (κ2) is 8.01. The lowest BCUT2D eigenvalue weighted by atomic mass is 10.2. The van der Waals surface area contributed by atoms with E-state index in [1.807, 2.05) is 11.5 Å². The van der Waals surface area contributed by atoms with Gasteiger partial charge in [0.15, 0.2) is 16.5 Å². The molecule has 1 unspecified atom stereocenters. The summed E-state index contributed by atoms with van der Waals surface area (Å²) >= 11 is -1.46. The van der Waals surface area contributed by atoms with E-state index in [1.165, 1.54) is 6.07 Å².